The van der Waals surface area contributed by atoms with Crippen molar-refractivity contribution in [1.29, 1.82) is 5.26 Å². The molecule has 1 fully saturated rings. The van der Waals surface area contributed by atoms with Crippen molar-refractivity contribution in [2.24, 2.45) is 17.1 Å². The predicted molar refractivity (Wildman–Crippen MR) is 111 cm³/mol. The Bertz CT molecular complexity index is 1060. The maximum Gasteiger partial charge on any atom is 0.337 e. The first-order valence-electron chi connectivity index (χ1n) is 9.97. The predicted octanol–water partition coefficient (Wildman–Crippen LogP) is 1.56. The van der Waals surface area contributed by atoms with Gasteiger partial charge in [-0.15, -0.1) is 0 Å². The molecule has 1 aliphatic rings. The lowest BCUT2D eigenvalue weighted by molar-refractivity contribution is -0.122. The van der Waals surface area contributed by atoms with Gasteiger partial charge in [0.05, 0.1) is 22.7 Å². The Morgan fingerprint density at radius 3 is 2.53 bits per heavy atom. The molecule has 1 saturated heterocycles. The molecule has 1 aromatic heterocycles. The molecule has 0 aliphatic carbocycles. The third kappa shape index (κ3) is 4.24. The molecule has 160 valence electrons. The molecule has 2 heterocycles. The van der Waals surface area contributed by atoms with Crippen LogP contribution in [0.3, 0.4) is 0 Å². The molecule has 9 heteroatoms. The number of rotatable bonds is 4. The number of hydrogen-bond donors (Lipinski definition) is 2. The second-order valence-corrected chi connectivity index (χ2v) is 8.75. The van der Waals surface area contributed by atoms with Gasteiger partial charge in [-0.25, -0.2) is 14.2 Å². The van der Waals surface area contributed by atoms with Crippen molar-refractivity contribution in [3.8, 4) is 6.07 Å². The highest BCUT2D eigenvalue weighted by Gasteiger charge is 2.32. The Labute approximate surface area is 174 Å². The van der Waals surface area contributed by atoms with E-state index in [-0.39, 0.29) is 5.92 Å². The van der Waals surface area contributed by atoms with E-state index in [1.165, 1.54) is 4.57 Å². The zero-order valence-electron chi connectivity index (χ0n) is 17.5. The van der Waals surface area contributed by atoms with E-state index in [4.69, 9.17) is 10.5 Å². The summed E-state index contributed by atoms with van der Waals surface area (Å²) in [4.78, 5) is 38.2. The molecule has 2 aromatic rings. The molecule has 0 bridgehead atoms. The van der Waals surface area contributed by atoms with Gasteiger partial charge in [0, 0.05) is 19.8 Å². The number of primary amides is 1. The van der Waals surface area contributed by atoms with Gasteiger partial charge in [0.1, 0.15) is 6.04 Å². The Hall–Kier alpha value is -3.12. The summed E-state index contributed by atoms with van der Waals surface area (Å²) in [6.45, 7) is 7.02. The summed E-state index contributed by atoms with van der Waals surface area (Å²) in [7, 11) is 0. The standard InChI is InChI=1S/C21H27N5O4/c1-21(2,3)17(18(23)27)24-19(28)26-15-5-4-14(11-22)10-16(15)25(20(26)29)12-13-6-8-30-9-7-13/h4-5,10,13,17H,6-9,12H2,1-3H3,(H2,23,27)(H,24,28)/t17-/m1/s1. The van der Waals surface area contributed by atoms with Gasteiger partial charge in [-0.05, 0) is 42.4 Å². The topological polar surface area (TPSA) is 132 Å². The molecule has 1 aliphatic heterocycles. The monoisotopic (exact) mass is 413 g/mol. The molecule has 9 nitrogen and oxygen atoms in total. The van der Waals surface area contributed by atoms with E-state index in [1.54, 1.807) is 39.0 Å². The second kappa shape index (κ2) is 8.32. The number of hydrogen-bond acceptors (Lipinski definition) is 5. The zero-order valence-corrected chi connectivity index (χ0v) is 17.5. The molecule has 0 spiro atoms. The number of imidazole rings is 1. The smallest absolute Gasteiger partial charge is 0.337 e. The van der Waals surface area contributed by atoms with Crippen LogP contribution in [0.5, 0.6) is 0 Å². The van der Waals surface area contributed by atoms with Crippen molar-refractivity contribution in [3.63, 3.8) is 0 Å². The lowest BCUT2D eigenvalue weighted by Crippen LogP contribution is -2.54. The van der Waals surface area contributed by atoms with Crippen LogP contribution in [0.4, 0.5) is 4.79 Å². The van der Waals surface area contributed by atoms with Crippen molar-refractivity contribution in [1.82, 2.24) is 14.5 Å². The molecule has 0 saturated carbocycles. The van der Waals surface area contributed by atoms with Crippen molar-refractivity contribution in [3.05, 3.63) is 34.2 Å². The number of benzene rings is 1. The Morgan fingerprint density at radius 2 is 1.97 bits per heavy atom. The SMILES string of the molecule is CC(C)(C)[C@H](NC(=O)n1c(=O)n(CC2CCOCC2)c2cc(C#N)ccc21)C(N)=O. The molecule has 2 amide bonds. The van der Waals surface area contributed by atoms with E-state index < -0.39 is 29.1 Å². The van der Waals surface area contributed by atoms with Gasteiger partial charge in [-0.2, -0.15) is 5.26 Å². The van der Waals surface area contributed by atoms with Crippen LogP contribution in [-0.4, -0.2) is 40.3 Å². The number of aromatic nitrogens is 2. The van der Waals surface area contributed by atoms with Gasteiger partial charge < -0.3 is 15.8 Å². The summed E-state index contributed by atoms with van der Waals surface area (Å²) >= 11 is 0. The Balaban J connectivity index is 2.07. The number of fused-ring (bicyclic) bond motifs is 1. The molecule has 3 N–H and O–H groups in total. The zero-order chi connectivity index (χ0) is 22.1. The molecular weight excluding hydrogens is 386 g/mol. The maximum atomic E-state index is 13.2. The van der Waals surface area contributed by atoms with Crippen LogP contribution >= 0.6 is 0 Å². The lowest BCUT2D eigenvalue weighted by atomic mass is 9.86. The van der Waals surface area contributed by atoms with Gasteiger partial charge in [-0.1, -0.05) is 20.8 Å². The van der Waals surface area contributed by atoms with Crippen LogP contribution in [0.25, 0.3) is 11.0 Å². The Kier molecular flexibility index (Phi) is 5.99. The minimum atomic E-state index is -0.954. The number of nitrogens with one attached hydrogen (secondary N) is 1. The first kappa shape index (κ1) is 21.6. The molecule has 1 atom stereocenters. The number of amides is 2. The fourth-order valence-corrected chi connectivity index (χ4v) is 3.79. The summed E-state index contributed by atoms with van der Waals surface area (Å²) in [5, 5.41) is 11.9. The van der Waals surface area contributed by atoms with Gasteiger partial charge in [0.25, 0.3) is 0 Å². The third-order valence-electron chi connectivity index (χ3n) is 5.46. The fraction of sp³-hybridized carbons (Fsp3) is 0.524. The maximum absolute atomic E-state index is 13.2. The van der Waals surface area contributed by atoms with E-state index in [0.29, 0.717) is 36.4 Å². The molecule has 3 rings (SSSR count). The largest absolute Gasteiger partial charge is 0.381 e. The van der Waals surface area contributed by atoms with Crippen LogP contribution < -0.4 is 16.7 Å². The number of nitrogens with two attached hydrogens (primary N) is 1. The normalized spacial score (nSPS) is 16.2. The van der Waals surface area contributed by atoms with Gasteiger partial charge >= 0.3 is 11.7 Å². The number of nitrogens with zero attached hydrogens (tertiary/aromatic N) is 3. The van der Waals surface area contributed by atoms with Crippen LogP contribution in [0.2, 0.25) is 0 Å². The van der Waals surface area contributed by atoms with Crippen molar-refractivity contribution >= 4 is 23.0 Å². The summed E-state index contributed by atoms with van der Waals surface area (Å²) in [6, 6.07) is 5.13. The minimum Gasteiger partial charge on any atom is -0.381 e. The highest BCUT2D eigenvalue weighted by molar-refractivity contribution is 5.93. The van der Waals surface area contributed by atoms with Crippen LogP contribution in [0, 0.1) is 22.7 Å². The van der Waals surface area contributed by atoms with Gasteiger partial charge in [-0.3, -0.25) is 9.36 Å². The molecular formula is C21H27N5O4. The second-order valence-electron chi connectivity index (χ2n) is 8.75. The first-order valence-corrected chi connectivity index (χ1v) is 9.97. The van der Waals surface area contributed by atoms with Crippen molar-refractivity contribution in [2.45, 2.75) is 46.2 Å². The highest BCUT2D eigenvalue weighted by atomic mass is 16.5. The number of nitriles is 1. The van der Waals surface area contributed by atoms with Crippen LogP contribution in [0.15, 0.2) is 23.0 Å². The van der Waals surface area contributed by atoms with E-state index in [2.05, 4.69) is 11.4 Å². The summed E-state index contributed by atoms with van der Waals surface area (Å²) in [5.41, 5.74) is 5.61. The Morgan fingerprint density at radius 1 is 1.30 bits per heavy atom. The molecule has 0 unspecified atom stereocenters. The van der Waals surface area contributed by atoms with Crippen LogP contribution in [-0.2, 0) is 16.1 Å². The van der Waals surface area contributed by atoms with E-state index in [1.807, 2.05) is 0 Å². The first-order chi connectivity index (χ1) is 14.1. The third-order valence-corrected chi connectivity index (χ3v) is 5.46. The lowest BCUT2D eigenvalue weighted by Gasteiger charge is -2.28. The van der Waals surface area contributed by atoms with Gasteiger partial charge in [0.2, 0.25) is 5.91 Å². The van der Waals surface area contributed by atoms with E-state index in [0.717, 1.165) is 17.4 Å². The molecule has 0 radical (unpaired) electrons. The highest BCUT2D eigenvalue weighted by Crippen LogP contribution is 2.22. The van der Waals surface area contributed by atoms with Crippen molar-refractivity contribution in [2.75, 3.05) is 13.2 Å². The quantitative estimate of drug-likeness (QED) is 0.785. The minimum absolute atomic E-state index is 0.234. The average Bonchev–Trinajstić information content (AvgIpc) is 2.96. The molecule has 30 heavy (non-hydrogen) atoms. The van der Waals surface area contributed by atoms with E-state index >= 15 is 0 Å². The number of carbonyl (C=O) groups excluding carboxylic acids is 2. The molecule has 1 aromatic carbocycles. The van der Waals surface area contributed by atoms with E-state index in [9.17, 15) is 19.6 Å². The fourth-order valence-electron chi connectivity index (χ4n) is 3.79. The summed E-state index contributed by atoms with van der Waals surface area (Å²) < 4.78 is 7.93. The summed E-state index contributed by atoms with van der Waals surface area (Å²) in [5.74, 6) is -0.446. The van der Waals surface area contributed by atoms with Crippen LogP contribution in [0.1, 0.15) is 39.2 Å². The van der Waals surface area contributed by atoms with Crippen molar-refractivity contribution < 1.29 is 14.3 Å². The van der Waals surface area contributed by atoms with Gasteiger partial charge in [0.15, 0.2) is 0 Å². The number of ether oxygens (including phenoxy) is 1. The number of carbonyl (C=O) groups is 2. The average molecular weight is 413 g/mol. The summed E-state index contributed by atoms with van der Waals surface area (Å²) in [6.07, 6.45) is 1.63.